The molecule has 20 heavy (non-hydrogen) atoms. The molecule has 0 aliphatic carbocycles. The molecule has 0 aliphatic rings. The minimum absolute atomic E-state index is 0.675. The molecule has 1 N–H and O–H groups in total. The molecule has 0 aliphatic heterocycles. The third-order valence-corrected chi connectivity index (χ3v) is 3.47. The number of aryl methyl sites for hydroxylation is 1. The van der Waals surface area contributed by atoms with Gasteiger partial charge in [-0.05, 0) is 51.3 Å². The Morgan fingerprint density at radius 1 is 1.10 bits per heavy atom. The summed E-state index contributed by atoms with van der Waals surface area (Å²) >= 11 is 0. The van der Waals surface area contributed by atoms with Crippen LogP contribution in [0, 0.1) is 12.8 Å². The highest BCUT2D eigenvalue weighted by molar-refractivity contribution is 5.21. The zero-order valence-corrected chi connectivity index (χ0v) is 13.2. The third-order valence-electron chi connectivity index (χ3n) is 3.47. The van der Waals surface area contributed by atoms with E-state index in [0.29, 0.717) is 19.1 Å². The molecule has 1 rings (SSSR count). The molecule has 0 radical (unpaired) electrons. The second-order valence-electron chi connectivity index (χ2n) is 5.36. The van der Waals surface area contributed by atoms with E-state index in [2.05, 4.69) is 36.5 Å². The number of rotatable bonds is 11. The van der Waals surface area contributed by atoms with Crippen molar-refractivity contribution < 1.29 is 9.47 Å². The minimum atomic E-state index is 0.675. The van der Waals surface area contributed by atoms with Crippen LogP contribution in [0.25, 0.3) is 0 Å². The van der Waals surface area contributed by atoms with Crippen LogP contribution >= 0.6 is 0 Å². The van der Waals surface area contributed by atoms with Crippen molar-refractivity contribution in [3.05, 3.63) is 35.4 Å². The summed E-state index contributed by atoms with van der Waals surface area (Å²) in [5, 5.41) is 3.30. The second-order valence-corrected chi connectivity index (χ2v) is 5.36. The van der Waals surface area contributed by atoms with E-state index in [-0.39, 0.29) is 0 Å². The summed E-state index contributed by atoms with van der Waals surface area (Å²) in [6.45, 7) is 5.41. The van der Waals surface area contributed by atoms with Gasteiger partial charge < -0.3 is 14.8 Å². The van der Waals surface area contributed by atoms with E-state index in [4.69, 9.17) is 9.47 Å². The average Bonchev–Trinajstić information content (AvgIpc) is 2.45. The van der Waals surface area contributed by atoms with Crippen molar-refractivity contribution in [2.75, 3.05) is 40.5 Å². The maximum atomic E-state index is 5.52. The molecule has 1 atom stereocenters. The van der Waals surface area contributed by atoms with Gasteiger partial charge >= 0.3 is 0 Å². The monoisotopic (exact) mass is 279 g/mol. The average molecular weight is 279 g/mol. The molecule has 0 spiro atoms. The van der Waals surface area contributed by atoms with Gasteiger partial charge in [0.1, 0.15) is 0 Å². The Kier molecular flexibility index (Phi) is 9.29. The van der Waals surface area contributed by atoms with Crippen LogP contribution in [0.3, 0.4) is 0 Å². The molecule has 0 aromatic heterocycles. The van der Waals surface area contributed by atoms with Gasteiger partial charge in [0.05, 0.1) is 13.2 Å². The Hall–Kier alpha value is -0.900. The van der Waals surface area contributed by atoms with Gasteiger partial charge in [-0.1, -0.05) is 29.8 Å². The maximum absolute atomic E-state index is 5.52. The topological polar surface area (TPSA) is 30.5 Å². The van der Waals surface area contributed by atoms with Crippen LogP contribution in [-0.2, 0) is 15.9 Å². The smallest absolute Gasteiger partial charge is 0.0700 e. The molecule has 0 saturated heterocycles. The number of nitrogens with one attached hydrogen (secondary N) is 1. The van der Waals surface area contributed by atoms with Crippen molar-refractivity contribution in [3.63, 3.8) is 0 Å². The molecule has 0 saturated carbocycles. The van der Waals surface area contributed by atoms with E-state index >= 15 is 0 Å². The van der Waals surface area contributed by atoms with E-state index in [0.717, 1.165) is 26.0 Å². The summed E-state index contributed by atoms with van der Waals surface area (Å²) in [4.78, 5) is 0. The van der Waals surface area contributed by atoms with Crippen LogP contribution < -0.4 is 5.32 Å². The first-order chi connectivity index (χ1) is 9.76. The second kappa shape index (κ2) is 10.8. The lowest BCUT2D eigenvalue weighted by Gasteiger charge is -2.17. The molecular formula is C17H29NO2. The molecule has 0 heterocycles. The van der Waals surface area contributed by atoms with Crippen LogP contribution in [0.5, 0.6) is 0 Å². The highest BCUT2D eigenvalue weighted by atomic mass is 16.5. The Morgan fingerprint density at radius 2 is 1.85 bits per heavy atom. The molecule has 1 aromatic rings. The van der Waals surface area contributed by atoms with Crippen molar-refractivity contribution in [1.82, 2.24) is 5.32 Å². The van der Waals surface area contributed by atoms with Crippen molar-refractivity contribution in [2.24, 2.45) is 5.92 Å². The Bertz CT molecular complexity index is 337. The van der Waals surface area contributed by atoms with Crippen LogP contribution in [0.4, 0.5) is 0 Å². The van der Waals surface area contributed by atoms with Gasteiger partial charge in [-0.3, -0.25) is 0 Å². The van der Waals surface area contributed by atoms with Gasteiger partial charge in [0.2, 0.25) is 0 Å². The minimum Gasteiger partial charge on any atom is -0.382 e. The fraction of sp³-hybridized carbons (Fsp3) is 0.647. The summed E-state index contributed by atoms with van der Waals surface area (Å²) in [7, 11) is 3.73. The van der Waals surface area contributed by atoms with Crippen LogP contribution in [0.1, 0.15) is 24.0 Å². The van der Waals surface area contributed by atoms with Crippen LogP contribution in [0.2, 0.25) is 0 Å². The normalized spacial score (nSPS) is 12.6. The Balaban J connectivity index is 2.27. The quantitative estimate of drug-likeness (QED) is 0.632. The molecule has 1 aromatic carbocycles. The lowest BCUT2D eigenvalue weighted by molar-refractivity contribution is 0.0672. The summed E-state index contributed by atoms with van der Waals surface area (Å²) in [6, 6.07) is 8.87. The molecule has 114 valence electrons. The first kappa shape index (κ1) is 17.2. The molecule has 0 bridgehead atoms. The summed E-state index contributed by atoms with van der Waals surface area (Å²) in [6.07, 6.45) is 3.45. The van der Waals surface area contributed by atoms with Crippen LogP contribution in [-0.4, -0.2) is 40.5 Å². The van der Waals surface area contributed by atoms with E-state index in [1.807, 2.05) is 7.05 Å². The van der Waals surface area contributed by atoms with Crippen molar-refractivity contribution >= 4 is 0 Å². The van der Waals surface area contributed by atoms with Gasteiger partial charge in [0.25, 0.3) is 0 Å². The fourth-order valence-electron chi connectivity index (χ4n) is 2.34. The predicted molar refractivity (Wildman–Crippen MR) is 84.2 cm³/mol. The number of hydrogen-bond acceptors (Lipinski definition) is 3. The Labute approximate surface area is 123 Å². The molecule has 1 unspecified atom stereocenters. The number of ether oxygens (including phenoxy) is 2. The number of hydrogen-bond donors (Lipinski definition) is 1. The zero-order valence-electron chi connectivity index (χ0n) is 13.2. The van der Waals surface area contributed by atoms with E-state index in [9.17, 15) is 0 Å². The van der Waals surface area contributed by atoms with Gasteiger partial charge in [-0.15, -0.1) is 0 Å². The van der Waals surface area contributed by atoms with E-state index in [1.165, 1.54) is 17.5 Å². The standard InChI is InChI=1S/C17H29NO2/c1-15-6-8-16(9-7-15)13-17(14-18-2)5-4-10-20-12-11-19-3/h6-9,17-18H,4-5,10-14H2,1-3H3. The zero-order chi connectivity index (χ0) is 14.6. The summed E-state index contributed by atoms with van der Waals surface area (Å²) < 4.78 is 10.5. The van der Waals surface area contributed by atoms with E-state index in [1.54, 1.807) is 7.11 Å². The van der Waals surface area contributed by atoms with Gasteiger partial charge in [-0.25, -0.2) is 0 Å². The molecular weight excluding hydrogens is 250 g/mol. The van der Waals surface area contributed by atoms with Crippen LogP contribution in [0.15, 0.2) is 24.3 Å². The predicted octanol–water partition coefficient (Wildman–Crippen LogP) is 2.82. The molecule has 0 fully saturated rings. The highest BCUT2D eigenvalue weighted by Crippen LogP contribution is 2.14. The molecule has 3 nitrogen and oxygen atoms in total. The van der Waals surface area contributed by atoms with Crippen molar-refractivity contribution in [1.29, 1.82) is 0 Å². The van der Waals surface area contributed by atoms with E-state index < -0.39 is 0 Å². The fourth-order valence-corrected chi connectivity index (χ4v) is 2.34. The lowest BCUT2D eigenvalue weighted by atomic mass is 9.94. The maximum Gasteiger partial charge on any atom is 0.0700 e. The van der Waals surface area contributed by atoms with Crippen molar-refractivity contribution in [3.8, 4) is 0 Å². The number of benzene rings is 1. The molecule has 3 heteroatoms. The first-order valence-electron chi connectivity index (χ1n) is 7.53. The third kappa shape index (κ3) is 7.63. The number of methoxy groups -OCH3 is 1. The van der Waals surface area contributed by atoms with Gasteiger partial charge in [-0.2, -0.15) is 0 Å². The Morgan fingerprint density at radius 3 is 2.50 bits per heavy atom. The highest BCUT2D eigenvalue weighted by Gasteiger charge is 2.08. The van der Waals surface area contributed by atoms with Gasteiger partial charge in [0, 0.05) is 13.7 Å². The summed E-state index contributed by atoms with van der Waals surface area (Å²) in [5.74, 6) is 0.675. The summed E-state index contributed by atoms with van der Waals surface area (Å²) in [5.41, 5.74) is 2.75. The van der Waals surface area contributed by atoms with Gasteiger partial charge in [0.15, 0.2) is 0 Å². The largest absolute Gasteiger partial charge is 0.382 e. The lowest BCUT2D eigenvalue weighted by Crippen LogP contribution is -2.21. The first-order valence-corrected chi connectivity index (χ1v) is 7.53. The molecule has 0 amide bonds. The van der Waals surface area contributed by atoms with Crippen molar-refractivity contribution in [2.45, 2.75) is 26.2 Å². The SMILES string of the molecule is CNCC(CCCOCCOC)Cc1ccc(C)cc1.